The Bertz CT molecular complexity index is 1570. The molecule has 0 fully saturated rings. The van der Waals surface area contributed by atoms with Crippen molar-refractivity contribution in [1.29, 1.82) is 0 Å². The highest BCUT2D eigenvalue weighted by Gasteiger charge is 2.18. The van der Waals surface area contributed by atoms with Gasteiger partial charge in [0.2, 0.25) is 0 Å². The summed E-state index contributed by atoms with van der Waals surface area (Å²) in [5.74, 6) is 0.264. The molecule has 0 saturated carbocycles. The topological polar surface area (TPSA) is 52.0 Å². The maximum atomic E-state index is 13.6. The Morgan fingerprint density at radius 2 is 1.32 bits per heavy atom. The molecule has 164 valence electrons. The summed E-state index contributed by atoms with van der Waals surface area (Å²) in [6.45, 7) is 2.00. The number of carbonyl (C=O) groups is 1. The highest BCUT2D eigenvalue weighted by Crippen LogP contribution is 2.24. The van der Waals surface area contributed by atoms with E-state index in [9.17, 15) is 9.59 Å². The Morgan fingerprint density at radius 3 is 2.00 bits per heavy atom. The first-order valence-corrected chi connectivity index (χ1v) is 11.1. The first-order valence-electron chi connectivity index (χ1n) is 11.1. The Hall–Kier alpha value is -4.57. The number of carbonyl (C=O) groups excluding carboxylic acids is 1. The van der Waals surface area contributed by atoms with Gasteiger partial charge in [-0.25, -0.2) is 4.98 Å². The first-order chi connectivity index (χ1) is 16.6. The van der Waals surface area contributed by atoms with Gasteiger partial charge in [-0.3, -0.25) is 14.2 Å². The second kappa shape index (κ2) is 9.12. The fourth-order valence-electron chi connectivity index (χ4n) is 3.96. The van der Waals surface area contributed by atoms with E-state index in [1.807, 2.05) is 97.9 Å². The van der Waals surface area contributed by atoms with Crippen LogP contribution >= 0.6 is 0 Å². The number of aryl methyl sites for hydroxylation is 1. The van der Waals surface area contributed by atoms with Crippen LogP contribution in [0.3, 0.4) is 0 Å². The fourth-order valence-corrected chi connectivity index (χ4v) is 3.96. The van der Waals surface area contributed by atoms with Crippen LogP contribution in [0.4, 0.5) is 0 Å². The lowest BCUT2D eigenvalue weighted by Crippen LogP contribution is -2.22. The number of fused-ring (bicyclic) bond motifs is 1. The predicted octanol–water partition coefficient (Wildman–Crippen LogP) is 6.12. The summed E-state index contributed by atoms with van der Waals surface area (Å²) in [5, 5.41) is 0.524. The van der Waals surface area contributed by atoms with Gasteiger partial charge in [-0.15, -0.1) is 0 Å². The monoisotopic (exact) mass is 442 g/mol. The SMILES string of the molecule is Cc1ccc(-n2c(/C=C(\C(=O)c3ccccc3)c3ccccc3)nc3ccccc3c2=O)cc1. The number of ketones is 1. The van der Waals surface area contributed by atoms with Crippen LogP contribution in [0.25, 0.3) is 28.2 Å². The van der Waals surface area contributed by atoms with E-state index >= 15 is 0 Å². The summed E-state index contributed by atoms with van der Waals surface area (Å²) in [7, 11) is 0. The van der Waals surface area contributed by atoms with Gasteiger partial charge in [0.05, 0.1) is 16.6 Å². The third-order valence-electron chi connectivity index (χ3n) is 5.73. The van der Waals surface area contributed by atoms with Crippen molar-refractivity contribution in [2.24, 2.45) is 0 Å². The van der Waals surface area contributed by atoms with Crippen LogP contribution in [0.1, 0.15) is 27.3 Å². The molecule has 1 aromatic heterocycles. The van der Waals surface area contributed by atoms with Crippen LogP contribution in [-0.4, -0.2) is 15.3 Å². The molecular formula is C30H22N2O2. The van der Waals surface area contributed by atoms with E-state index in [1.165, 1.54) is 0 Å². The molecule has 5 aromatic rings. The number of hydrogen-bond acceptors (Lipinski definition) is 3. The zero-order chi connectivity index (χ0) is 23.5. The van der Waals surface area contributed by atoms with Gasteiger partial charge in [-0.05, 0) is 42.8 Å². The van der Waals surface area contributed by atoms with Crippen molar-refractivity contribution in [2.45, 2.75) is 6.92 Å². The summed E-state index contributed by atoms with van der Waals surface area (Å²) < 4.78 is 1.57. The minimum Gasteiger partial charge on any atom is -0.289 e. The molecule has 5 rings (SSSR count). The number of nitrogens with zero attached hydrogens (tertiary/aromatic N) is 2. The van der Waals surface area contributed by atoms with Gasteiger partial charge in [0.15, 0.2) is 5.78 Å². The Kier molecular flexibility index (Phi) is 5.71. The van der Waals surface area contributed by atoms with Crippen LogP contribution in [0.5, 0.6) is 0 Å². The predicted molar refractivity (Wildman–Crippen MR) is 137 cm³/mol. The Morgan fingerprint density at radius 1 is 0.735 bits per heavy atom. The Balaban J connectivity index is 1.81. The zero-order valence-corrected chi connectivity index (χ0v) is 18.7. The van der Waals surface area contributed by atoms with Gasteiger partial charge in [-0.2, -0.15) is 0 Å². The van der Waals surface area contributed by atoms with E-state index in [-0.39, 0.29) is 11.3 Å². The van der Waals surface area contributed by atoms with Crippen molar-refractivity contribution in [3.8, 4) is 5.69 Å². The molecule has 1 heterocycles. The average molecular weight is 443 g/mol. The molecule has 4 nitrogen and oxygen atoms in total. The van der Waals surface area contributed by atoms with Crippen molar-refractivity contribution in [2.75, 3.05) is 0 Å². The summed E-state index contributed by atoms with van der Waals surface area (Å²) >= 11 is 0. The fraction of sp³-hybridized carbons (Fsp3) is 0.0333. The van der Waals surface area contributed by atoms with Crippen LogP contribution in [0.2, 0.25) is 0 Å². The van der Waals surface area contributed by atoms with E-state index in [0.29, 0.717) is 33.6 Å². The molecule has 0 bridgehead atoms. The number of hydrogen-bond donors (Lipinski definition) is 0. The number of Topliss-reactive ketones (excluding diaryl/α,β-unsaturated/α-hetero) is 1. The van der Waals surface area contributed by atoms with Crippen molar-refractivity contribution in [3.05, 3.63) is 142 Å². The van der Waals surface area contributed by atoms with Crippen molar-refractivity contribution in [3.63, 3.8) is 0 Å². The van der Waals surface area contributed by atoms with Gasteiger partial charge < -0.3 is 0 Å². The maximum Gasteiger partial charge on any atom is 0.266 e. The molecule has 34 heavy (non-hydrogen) atoms. The second-order valence-corrected chi connectivity index (χ2v) is 8.08. The first kappa shape index (κ1) is 21.3. The highest BCUT2D eigenvalue weighted by molar-refractivity contribution is 6.32. The number of benzene rings is 4. The van der Waals surface area contributed by atoms with E-state index < -0.39 is 0 Å². The van der Waals surface area contributed by atoms with Crippen molar-refractivity contribution in [1.82, 2.24) is 9.55 Å². The molecule has 4 aromatic carbocycles. The number of para-hydroxylation sites is 1. The van der Waals surface area contributed by atoms with E-state index in [4.69, 9.17) is 4.98 Å². The standard InChI is InChI=1S/C30H22N2O2/c1-21-16-18-24(19-17-21)32-28(31-27-15-9-8-14-25(27)30(32)34)20-26(22-10-4-2-5-11-22)29(33)23-12-6-3-7-13-23/h2-20H,1H3/b26-20-. The van der Waals surface area contributed by atoms with E-state index in [0.717, 1.165) is 11.1 Å². The van der Waals surface area contributed by atoms with Crippen LogP contribution < -0.4 is 5.56 Å². The number of allylic oxidation sites excluding steroid dienone is 1. The Labute approximate surface area is 197 Å². The molecular weight excluding hydrogens is 420 g/mol. The molecule has 0 aliphatic carbocycles. The van der Waals surface area contributed by atoms with Crippen LogP contribution in [0.15, 0.2) is 114 Å². The third-order valence-corrected chi connectivity index (χ3v) is 5.73. The number of aromatic nitrogens is 2. The van der Waals surface area contributed by atoms with Crippen molar-refractivity contribution >= 4 is 28.3 Å². The smallest absolute Gasteiger partial charge is 0.266 e. The lowest BCUT2D eigenvalue weighted by atomic mass is 9.96. The van der Waals surface area contributed by atoms with Gasteiger partial charge in [0.1, 0.15) is 5.82 Å². The normalized spacial score (nSPS) is 11.5. The maximum absolute atomic E-state index is 13.6. The second-order valence-electron chi connectivity index (χ2n) is 8.08. The van der Waals surface area contributed by atoms with Gasteiger partial charge in [0, 0.05) is 11.1 Å². The lowest BCUT2D eigenvalue weighted by molar-refractivity contribution is 0.105. The minimum absolute atomic E-state index is 0.135. The van der Waals surface area contributed by atoms with E-state index in [2.05, 4.69) is 0 Å². The summed E-state index contributed by atoms with van der Waals surface area (Å²) in [6, 6.07) is 33.6. The minimum atomic E-state index is -0.180. The molecule has 0 saturated heterocycles. The van der Waals surface area contributed by atoms with Crippen LogP contribution in [-0.2, 0) is 0 Å². The van der Waals surface area contributed by atoms with Gasteiger partial charge in [0.25, 0.3) is 5.56 Å². The molecule has 0 unspecified atom stereocenters. The summed E-state index contributed by atoms with van der Waals surface area (Å²) in [6.07, 6.45) is 1.72. The molecule has 4 heteroatoms. The largest absolute Gasteiger partial charge is 0.289 e. The molecule has 0 radical (unpaired) electrons. The zero-order valence-electron chi connectivity index (χ0n) is 18.7. The molecule has 0 spiro atoms. The molecule has 0 atom stereocenters. The van der Waals surface area contributed by atoms with Crippen LogP contribution in [0, 0.1) is 6.92 Å². The summed E-state index contributed by atoms with van der Waals surface area (Å²) in [5.41, 5.74) is 3.99. The average Bonchev–Trinajstić information content (AvgIpc) is 2.89. The van der Waals surface area contributed by atoms with Gasteiger partial charge >= 0.3 is 0 Å². The molecule has 0 N–H and O–H groups in total. The molecule has 0 amide bonds. The number of rotatable bonds is 5. The van der Waals surface area contributed by atoms with Crippen molar-refractivity contribution < 1.29 is 4.79 Å². The summed E-state index contributed by atoms with van der Waals surface area (Å²) in [4.78, 5) is 32.0. The third kappa shape index (κ3) is 4.09. The molecule has 0 aliphatic heterocycles. The quantitative estimate of drug-likeness (QED) is 0.243. The van der Waals surface area contributed by atoms with Gasteiger partial charge in [-0.1, -0.05) is 90.5 Å². The highest BCUT2D eigenvalue weighted by atomic mass is 16.1. The molecule has 0 aliphatic rings. The van der Waals surface area contributed by atoms with E-state index in [1.54, 1.807) is 28.8 Å². The lowest BCUT2D eigenvalue weighted by Gasteiger charge is -2.14.